The molecule has 0 spiro atoms. The average molecular weight is 392 g/mol. The van der Waals surface area contributed by atoms with Gasteiger partial charge in [0.05, 0.1) is 12.3 Å². The zero-order valence-electron chi connectivity index (χ0n) is 12.3. The normalized spacial score (nSPS) is 19.5. The van der Waals surface area contributed by atoms with E-state index in [1.54, 1.807) is 0 Å². The van der Waals surface area contributed by atoms with E-state index < -0.39 is 5.97 Å². The van der Waals surface area contributed by atoms with E-state index in [0.717, 1.165) is 16.4 Å². The van der Waals surface area contributed by atoms with Gasteiger partial charge in [0, 0.05) is 3.58 Å². The van der Waals surface area contributed by atoms with Crippen LogP contribution in [0.2, 0.25) is 0 Å². The Morgan fingerprint density at radius 2 is 1.75 bits per heavy atom. The molecule has 1 rings (SSSR count). The van der Waals surface area contributed by atoms with E-state index >= 15 is 0 Å². The Morgan fingerprint density at radius 1 is 1.15 bits per heavy atom. The van der Waals surface area contributed by atoms with Crippen LogP contribution in [0.25, 0.3) is 0 Å². The van der Waals surface area contributed by atoms with Crippen LogP contribution in [0.5, 0.6) is 0 Å². The summed E-state index contributed by atoms with van der Waals surface area (Å²) in [5.74, 6) is -1.11. The van der Waals surface area contributed by atoms with Crippen LogP contribution in [0.1, 0.15) is 71.1 Å². The maximum absolute atomic E-state index is 11.4. The van der Waals surface area contributed by atoms with Crippen LogP contribution in [0.4, 0.5) is 0 Å². The first-order chi connectivity index (χ1) is 9.65. The molecule has 1 fully saturated rings. The maximum atomic E-state index is 11.4. The average Bonchev–Trinajstić information content (AvgIpc) is 2.75. The van der Waals surface area contributed by atoms with Crippen LogP contribution in [-0.2, 0) is 14.3 Å². The Balaban J connectivity index is 2.06. The highest BCUT2D eigenvalue weighted by molar-refractivity contribution is 14.1. The van der Waals surface area contributed by atoms with Gasteiger partial charge in [0.25, 0.3) is 0 Å². The smallest absolute Gasteiger partial charge is 0.322 e. The molecule has 0 aromatic heterocycles. The quantitative estimate of drug-likeness (QED) is 0.229. The number of ether oxygens (including phenoxy) is 1. The minimum atomic E-state index is -0.394. The molecule has 1 unspecified atom stereocenters. The third-order valence-electron chi connectivity index (χ3n) is 3.60. The summed E-state index contributed by atoms with van der Waals surface area (Å²) in [4.78, 5) is 22.4. The number of allylic oxidation sites excluding steroid dienone is 1. The summed E-state index contributed by atoms with van der Waals surface area (Å²) < 4.78 is 5.52. The molecule has 114 valence electrons. The lowest BCUT2D eigenvalue weighted by Gasteiger charge is -2.03. The summed E-state index contributed by atoms with van der Waals surface area (Å²) in [5, 5.41) is 0. The Bertz CT molecular complexity index is 350. The maximum Gasteiger partial charge on any atom is 0.322 e. The third kappa shape index (κ3) is 6.86. The molecule has 0 amide bonds. The second kappa shape index (κ2) is 10.4. The van der Waals surface area contributed by atoms with E-state index in [-0.39, 0.29) is 18.3 Å². The predicted molar refractivity (Wildman–Crippen MR) is 88.5 cm³/mol. The van der Waals surface area contributed by atoms with Crippen molar-refractivity contribution in [3.63, 3.8) is 0 Å². The SMILES string of the molecule is CCCCCCCCCCC=C(I)C1CC(=O)OC1=O. The van der Waals surface area contributed by atoms with E-state index in [9.17, 15) is 9.59 Å². The van der Waals surface area contributed by atoms with Gasteiger partial charge in [-0.25, -0.2) is 0 Å². The Morgan fingerprint density at radius 3 is 2.30 bits per heavy atom. The molecule has 0 radical (unpaired) electrons. The van der Waals surface area contributed by atoms with E-state index in [4.69, 9.17) is 0 Å². The first-order valence-electron chi connectivity index (χ1n) is 7.75. The molecule has 0 N–H and O–H groups in total. The van der Waals surface area contributed by atoms with E-state index in [1.165, 1.54) is 44.9 Å². The fourth-order valence-corrected chi connectivity index (χ4v) is 3.13. The topological polar surface area (TPSA) is 43.4 Å². The van der Waals surface area contributed by atoms with Crippen molar-refractivity contribution in [2.45, 2.75) is 71.1 Å². The van der Waals surface area contributed by atoms with Gasteiger partial charge < -0.3 is 4.74 Å². The molecule has 1 aliphatic rings. The molecule has 1 saturated heterocycles. The number of hydrogen-bond donors (Lipinski definition) is 0. The van der Waals surface area contributed by atoms with Crippen LogP contribution in [0.15, 0.2) is 9.66 Å². The van der Waals surface area contributed by atoms with Gasteiger partial charge in [-0.3, -0.25) is 9.59 Å². The zero-order valence-corrected chi connectivity index (χ0v) is 14.5. The highest BCUT2D eigenvalue weighted by Gasteiger charge is 2.34. The number of unbranched alkanes of at least 4 members (excludes halogenated alkanes) is 8. The summed E-state index contributed by atoms with van der Waals surface area (Å²) in [6.07, 6.45) is 13.7. The number of rotatable bonds is 10. The number of carbonyl (C=O) groups is 2. The van der Waals surface area contributed by atoms with Gasteiger partial charge in [0.2, 0.25) is 0 Å². The molecular weight excluding hydrogens is 367 g/mol. The fourth-order valence-electron chi connectivity index (χ4n) is 2.35. The summed E-state index contributed by atoms with van der Waals surface area (Å²) in [7, 11) is 0. The number of halogens is 1. The molecule has 20 heavy (non-hydrogen) atoms. The standard InChI is InChI=1S/C16H25IO3/c1-2-3-4-5-6-7-8-9-10-11-14(17)13-12-15(18)20-16(13)19/h11,13H,2-10,12H2,1H3. The van der Waals surface area contributed by atoms with Crippen molar-refractivity contribution in [3.8, 4) is 0 Å². The van der Waals surface area contributed by atoms with Crippen molar-refractivity contribution in [3.05, 3.63) is 9.66 Å². The van der Waals surface area contributed by atoms with Gasteiger partial charge >= 0.3 is 11.9 Å². The molecule has 4 heteroatoms. The van der Waals surface area contributed by atoms with Crippen LogP contribution >= 0.6 is 22.6 Å². The lowest BCUT2D eigenvalue weighted by Crippen LogP contribution is -2.07. The second-order valence-corrected chi connectivity index (χ2v) is 6.65. The minimum Gasteiger partial charge on any atom is -0.393 e. The third-order valence-corrected chi connectivity index (χ3v) is 4.79. The van der Waals surface area contributed by atoms with Crippen molar-refractivity contribution < 1.29 is 14.3 Å². The van der Waals surface area contributed by atoms with Crippen LogP contribution < -0.4 is 0 Å². The monoisotopic (exact) mass is 392 g/mol. The molecule has 1 atom stereocenters. The molecule has 3 nitrogen and oxygen atoms in total. The summed E-state index contributed by atoms with van der Waals surface area (Å²) >= 11 is 2.16. The number of esters is 2. The van der Waals surface area contributed by atoms with Crippen LogP contribution in [-0.4, -0.2) is 11.9 Å². The molecule has 0 saturated carbocycles. The lowest BCUT2D eigenvalue weighted by atomic mass is 10.0. The Hall–Kier alpha value is -0.390. The van der Waals surface area contributed by atoms with Crippen molar-refractivity contribution in [1.82, 2.24) is 0 Å². The fraction of sp³-hybridized carbons (Fsp3) is 0.750. The summed E-state index contributed by atoms with van der Waals surface area (Å²) in [6.45, 7) is 2.24. The molecular formula is C16H25IO3. The molecule has 0 bridgehead atoms. The highest BCUT2D eigenvalue weighted by Crippen LogP contribution is 2.29. The largest absolute Gasteiger partial charge is 0.393 e. The van der Waals surface area contributed by atoms with E-state index in [1.807, 2.05) is 0 Å². The van der Waals surface area contributed by atoms with Gasteiger partial charge in [-0.1, -0.05) is 57.9 Å². The highest BCUT2D eigenvalue weighted by atomic mass is 127. The van der Waals surface area contributed by atoms with Gasteiger partial charge in [0.15, 0.2) is 0 Å². The van der Waals surface area contributed by atoms with Crippen molar-refractivity contribution in [2.24, 2.45) is 5.92 Å². The van der Waals surface area contributed by atoms with Crippen molar-refractivity contribution in [2.75, 3.05) is 0 Å². The number of cyclic esters (lactones) is 2. The van der Waals surface area contributed by atoms with E-state index in [0.29, 0.717) is 0 Å². The second-order valence-electron chi connectivity index (χ2n) is 5.40. The van der Waals surface area contributed by atoms with Gasteiger partial charge in [-0.15, -0.1) is 0 Å². The van der Waals surface area contributed by atoms with Crippen LogP contribution in [0, 0.1) is 5.92 Å². The minimum absolute atomic E-state index is 0.213. The van der Waals surface area contributed by atoms with E-state index in [2.05, 4.69) is 40.3 Å². The molecule has 0 aromatic rings. The van der Waals surface area contributed by atoms with Crippen LogP contribution in [0.3, 0.4) is 0 Å². The van der Waals surface area contributed by atoms with Gasteiger partial charge in [-0.2, -0.15) is 0 Å². The molecule has 0 aromatic carbocycles. The first kappa shape index (κ1) is 17.7. The van der Waals surface area contributed by atoms with Crippen molar-refractivity contribution in [1.29, 1.82) is 0 Å². The lowest BCUT2D eigenvalue weighted by molar-refractivity contribution is -0.152. The zero-order chi connectivity index (χ0) is 14.8. The molecule has 0 aliphatic carbocycles. The Labute approximate surface area is 135 Å². The molecule has 1 aliphatic heterocycles. The van der Waals surface area contributed by atoms with Gasteiger partial charge in [-0.05, 0) is 35.4 Å². The summed E-state index contributed by atoms with van der Waals surface area (Å²) in [6, 6.07) is 0. The number of carbonyl (C=O) groups excluding carboxylic acids is 2. The predicted octanol–water partition coefficient (Wildman–Crippen LogP) is 4.93. The number of hydrogen-bond acceptors (Lipinski definition) is 3. The Kier molecular flexibility index (Phi) is 9.14. The molecule has 1 heterocycles. The van der Waals surface area contributed by atoms with Crippen molar-refractivity contribution >= 4 is 34.5 Å². The summed E-state index contributed by atoms with van der Waals surface area (Å²) in [5.41, 5.74) is 0. The first-order valence-corrected chi connectivity index (χ1v) is 8.83. The van der Waals surface area contributed by atoms with Gasteiger partial charge in [0.1, 0.15) is 0 Å².